The number of thiophene rings is 1. The Morgan fingerprint density at radius 2 is 1.83 bits per heavy atom. The van der Waals surface area contributed by atoms with Crippen molar-refractivity contribution in [3.8, 4) is 0 Å². The van der Waals surface area contributed by atoms with Crippen molar-refractivity contribution < 1.29 is 23.4 Å². The van der Waals surface area contributed by atoms with Gasteiger partial charge in [0.25, 0.3) is 10.0 Å². The molecule has 36 heavy (non-hydrogen) atoms. The first-order valence-electron chi connectivity index (χ1n) is 12.2. The van der Waals surface area contributed by atoms with Crippen LogP contribution in [-0.4, -0.2) is 101 Å². The van der Waals surface area contributed by atoms with Gasteiger partial charge in [-0.1, -0.05) is 0 Å². The summed E-state index contributed by atoms with van der Waals surface area (Å²) in [6.45, 7) is 6.05. The largest absolute Gasteiger partial charge is 0.393 e. The van der Waals surface area contributed by atoms with Crippen molar-refractivity contribution in [3.63, 3.8) is 0 Å². The molecule has 0 aromatic carbocycles. The molecular weight excluding hydrogens is 504 g/mol. The first-order chi connectivity index (χ1) is 17.0. The van der Waals surface area contributed by atoms with Crippen LogP contribution < -0.4 is 10.6 Å². The Morgan fingerprint density at radius 1 is 1.17 bits per heavy atom. The minimum absolute atomic E-state index is 0.0805. The molecule has 2 bridgehead atoms. The average molecular weight is 539 g/mol. The number of rotatable bonds is 6. The number of aliphatic hydroxyl groups is 2. The Labute approximate surface area is 215 Å². The quantitative estimate of drug-likeness (QED) is 0.474. The van der Waals surface area contributed by atoms with E-state index < -0.39 is 15.6 Å². The predicted molar refractivity (Wildman–Crippen MR) is 136 cm³/mol. The highest BCUT2D eigenvalue weighted by molar-refractivity contribution is 7.91. The molecule has 198 valence electrons. The number of piperidine rings is 1. The second-order valence-corrected chi connectivity index (χ2v) is 13.6. The molecule has 5 rings (SSSR count). The first kappa shape index (κ1) is 25.8. The maximum absolute atomic E-state index is 13.4. The van der Waals surface area contributed by atoms with E-state index in [9.17, 15) is 18.6 Å². The molecule has 5 heterocycles. The van der Waals surface area contributed by atoms with Crippen LogP contribution in [0, 0.1) is 0 Å². The monoisotopic (exact) mass is 538 g/mol. The van der Waals surface area contributed by atoms with Crippen molar-refractivity contribution in [1.29, 1.82) is 0 Å². The Bertz CT molecular complexity index is 1150. The minimum atomic E-state index is -3.69. The number of morpholine rings is 1. The molecule has 2 aromatic heterocycles. The highest BCUT2D eigenvalue weighted by Crippen LogP contribution is 2.32. The number of nitrogens with zero attached hydrogens (tertiary/aromatic N) is 5. The summed E-state index contributed by atoms with van der Waals surface area (Å²) in [5, 5.41) is 21.1. The zero-order chi connectivity index (χ0) is 25.7. The van der Waals surface area contributed by atoms with Crippen molar-refractivity contribution in [2.24, 2.45) is 0 Å². The number of anilines is 2. The molecule has 0 spiro atoms. The van der Waals surface area contributed by atoms with Gasteiger partial charge < -0.3 is 25.6 Å². The fourth-order valence-electron chi connectivity index (χ4n) is 5.35. The Kier molecular flexibility index (Phi) is 7.00. The van der Waals surface area contributed by atoms with Gasteiger partial charge in [-0.05, 0) is 38.8 Å². The van der Waals surface area contributed by atoms with E-state index in [1.807, 2.05) is 0 Å². The second-order valence-electron chi connectivity index (χ2n) is 10.4. The van der Waals surface area contributed by atoms with E-state index in [2.05, 4.69) is 19.8 Å². The highest BCUT2D eigenvalue weighted by atomic mass is 32.2. The number of aliphatic hydroxyl groups excluding tert-OH is 1. The Hall–Kier alpha value is -1.87. The topological polar surface area (TPSA) is 145 Å². The van der Waals surface area contributed by atoms with E-state index in [1.54, 1.807) is 38.4 Å². The molecule has 3 saturated heterocycles. The van der Waals surface area contributed by atoms with Crippen LogP contribution in [0.4, 0.5) is 10.9 Å². The number of aromatic nitrogens is 2. The van der Waals surface area contributed by atoms with Crippen LogP contribution in [0.2, 0.25) is 0 Å². The fraction of sp³-hybridized carbons (Fsp3) is 0.652. The maximum atomic E-state index is 13.4. The molecule has 0 saturated carbocycles. The highest BCUT2D eigenvalue weighted by Gasteiger charge is 2.43. The summed E-state index contributed by atoms with van der Waals surface area (Å²) >= 11 is 1.07. The number of nitrogens with two attached hydrogens (primary N) is 1. The Morgan fingerprint density at radius 3 is 2.42 bits per heavy atom. The molecule has 1 unspecified atom stereocenters. The van der Waals surface area contributed by atoms with Crippen LogP contribution in [0.5, 0.6) is 0 Å². The smallest absolute Gasteiger partial charge is 0.252 e. The molecule has 2 aromatic rings. The van der Waals surface area contributed by atoms with Crippen molar-refractivity contribution in [2.75, 3.05) is 50.0 Å². The molecule has 0 radical (unpaired) electrons. The van der Waals surface area contributed by atoms with Gasteiger partial charge in [-0.3, -0.25) is 4.90 Å². The number of sulfonamides is 1. The average Bonchev–Trinajstić information content (AvgIpc) is 3.26. The predicted octanol–water partition coefficient (Wildman–Crippen LogP) is 0.451. The van der Waals surface area contributed by atoms with E-state index in [0.29, 0.717) is 62.2 Å². The van der Waals surface area contributed by atoms with Gasteiger partial charge >= 0.3 is 0 Å². The number of fused-ring (bicyclic) bond motifs is 2. The second kappa shape index (κ2) is 9.78. The van der Waals surface area contributed by atoms with Crippen molar-refractivity contribution >= 4 is 32.3 Å². The van der Waals surface area contributed by atoms with Crippen molar-refractivity contribution in [1.82, 2.24) is 19.2 Å². The molecule has 3 aliphatic rings. The molecule has 13 heteroatoms. The standard InChI is InChI=1S/C23H34N6O5S2/c1-23(2,31)15-9-25-22(26-10-15)28-6-5-27(36(32,33)21-4-3-20(24)35-21)11-18(28)12-29-16-7-19(30)8-17(29)14-34-13-16/h3-4,9-10,16-19,30-31H,5-8,11-14,24H2,1-2H3/t16-,17+,18-,19?/m1/s1. The summed E-state index contributed by atoms with van der Waals surface area (Å²) in [6.07, 6.45) is 4.17. The van der Waals surface area contributed by atoms with E-state index >= 15 is 0 Å². The van der Waals surface area contributed by atoms with Crippen LogP contribution in [0.3, 0.4) is 0 Å². The summed E-state index contributed by atoms with van der Waals surface area (Å²) in [5.74, 6) is 0.504. The van der Waals surface area contributed by atoms with E-state index in [4.69, 9.17) is 10.5 Å². The summed E-state index contributed by atoms with van der Waals surface area (Å²) in [4.78, 5) is 13.5. The van der Waals surface area contributed by atoms with Crippen molar-refractivity contribution in [3.05, 3.63) is 30.1 Å². The van der Waals surface area contributed by atoms with Crippen LogP contribution in [0.25, 0.3) is 0 Å². The molecule has 3 fully saturated rings. The van der Waals surface area contributed by atoms with Gasteiger partial charge in [0.1, 0.15) is 4.21 Å². The lowest BCUT2D eigenvalue weighted by Crippen LogP contribution is -2.64. The normalized spacial score (nSPS) is 28.4. The van der Waals surface area contributed by atoms with Gasteiger partial charge in [-0.25, -0.2) is 18.4 Å². The minimum Gasteiger partial charge on any atom is -0.393 e. The van der Waals surface area contributed by atoms with Gasteiger partial charge in [0, 0.05) is 56.2 Å². The van der Waals surface area contributed by atoms with E-state index in [-0.39, 0.29) is 35.0 Å². The third-order valence-electron chi connectivity index (χ3n) is 7.31. The van der Waals surface area contributed by atoms with Crippen molar-refractivity contribution in [2.45, 2.75) is 60.7 Å². The number of ether oxygens (including phenoxy) is 1. The SMILES string of the molecule is CC(C)(O)c1cnc(N2CCN(S(=O)(=O)c3ccc(N)s3)C[C@@H]2CN2[C@@H]3COC[C@H]2CC(O)C3)nc1. The van der Waals surface area contributed by atoms with Gasteiger partial charge in [-0.15, -0.1) is 11.3 Å². The summed E-state index contributed by atoms with van der Waals surface area (Å²) in [7, 11) is -3.69. The third kappa shape index (κ3) is 5.10. The summed E-state index contributed by atoms with van der Waals surface area (Å²) < 4.78 is 34.4. The number of hydrogen-bond acceptors (Lipinski definition) is 11. The lowest BCUT2D eigenvalue weighted by Gasteiger charge is -2.50. The van der Waals surface area contributed by atoms with Crippen LogP contribution in [-0.2, 0) is 20.4 Å². The summed E-state index contributed by atoms with van der Waals surface area (Å²) in [5.41, 5.74) is 5.37. The van der Waals surface area contributed by atoms with Crippen LogP contribution >= 0.6 is 11.3 Å². The first-order valence-corrected chi connectivity index (χ1v) is 14.5. The van der Waals surface area contributed by atoms with E-state index in [0.717, 1.165) is 11.3 Å². The number of nitrogen functional groups attached to an aromatic ring is 1. The van der Waals surface area contributed by atoms with Gasteiger partial charge in [-0.2, -0.15) is 4.31 Å². The van der Waals surface area contributed by atoms with Gasteiger partial charge in [0.2, 0.25) is 5.95 Å². The third-order valence-corrected chi connectivity index (χ3v) is 10.6. The number of piperazine rings is 1. The molecule has 11 nitrogen and oxygen atoms in total. The van der Waals surface area contributed by atoms with Crippen LogP contribution in [0.1, 0.15) is 32.3 Å². The zero-order valence-corrected chi connectivity index (χ0v) is 22.2. The molecule has 0 aliphatic carbocycles. The molecule has 3 aliphatic heterocycles. The Balaban J connectivity index is 1.43. The fourth-order valence-corrected chi connectivity index (χ4v) is 8.07. The van der Waals surface area contributed by atoms with E-state index in [1.165, 1.54) is 4.31 Å². The lowest BCUT2D eigenvalue weighted by molar-refractivity contribution is -0.107. The summed E-state index contributed by atoms with van der Waals surface area (Å²) in [6, 6.07) is 3.12. The van der Waals surface area contributed by atoms with Crippen LogP contribution in [0.15, 0.2) is 28.7 Å². The molecule has 0 amide bonds. The lowest BCUT2D eigenvalue weighted by atomic mass is 9.91. The van der Waals surface area contributed by atoms with Gasteiger partial charge in [0.05, 0.1) is 36.0 Å². The van der Waals surface area contributed by atoms with Gasteiger partial charge in [0.15, 0.2) is 0 Å². The zero-order valence-electron chi connectivity index (χ0n) is 20.5. The molecular formula is C23H34N6O5S2. The molecule has 4 N–H and O–H groups in total. The molecule has 4 atom stereocenters. The maximum Gasteiger partial charge on any atom is 0.252 e. The number of hydrogen-bond donors (Lipinski definition) is 3.